The normalized spacial score (nSPS) is 46.2. The average molecular weight is 289 g/mol. The van der Waals surface area contributed by atoms with Crippen molar-refractivity contribution < 1.29 is 14.3 Å². The van der Waals surface area contributed by atoms with Crippen LogP contribution in [0.3, 0.4) is 0 Å². The summed E-state index contributed by atoms with van der Waals surface area (Å²) in [6.07, 6.45) is 3.59. The molecular weight excluding hydrogens is 272 g/mol. The lowest BCUT2D eigenvalue weighted by Crippen LogP contribution is -2.45. The van der Waals surface area contributed by atoms with Crippen LogP contribution in [0.5, 0.6) is 0 Å². The molecule has 16 heavy (non-hydrogen) atoms. The quantitative estimate of drug-likeness (QED) is 0.642. The highest BCUT2D eigenvalue weighted by Gasteiger charge is 2.57. The van der Waals surface area contributed by atoms with Crippen molar-refractivity contribution in [2.24, 2.45) is 11.3 Å². The van der Waals surface area contributed by atoms with Gasteiger partial charge in [0, 0.05) is 18.3 Å². The van der Waals surface area contributed by atoms with E-state index < -0.39 is 0 Å². The van der Waals surface area contributed by atoms with Crippen LogP contribution >= 0.6 is 15.9 Å². The Morgan fingerprint density at radius 3 is 2.69 bits per heavy atom. The average Bonchev–Trinajstić information content (AvgIpc) is 2.79. The van der Waals surface area contributed by atoms with Gasteiger partial charge in [0.1, 0.15) is 0 Å². The second-order valence-electron chi connectivity index (χ2n) is 5.49. The minimum Gasteiger partial charge on any atom is -0.348 e. The fourth-order valence-corrected chi connectivity index (χ4v) is 4.47. The lowest BCUT2D eigenvalue weighted by Gasteiger charge is -2.43. The third-order valence-electron chi connectivity index (χ3n) is 4.64. The summed E-state index contributed by atoms with van der Waals surface area (Å²) in [4.78, 5) is 12.2. The van der Waals surface area contributed by atoms with Gasteiger partial charge in [-0.05, 0) is 18.8 Å². The number of hydrogen-bond acceptors (Lipinski definition) is 3. The van der Waals surface area contributed by atoms with Gasteiger partial charge in [-0.25, -0.2) is 0 Å². The molecule has 0 radical (unpaired) electrons. The topological polar surface area (TPSA) is 35.5 Å². The SMILES string of the molecule is C[C@]12CCC3(C[C@H]1C[C@H](Br)C2=O)OCCO3. The zero-order valence-electron chi connectivity index (χ0n) is 9.50. The van der Waals surface area contributed by atoms with E-state index in [0.29, 0.717) is 24.9 Å². The van der Waals surface area contributed by atoms with Crippen molar-refractivity contribution in [1.29, 1.82) is 0 Å². The van der Waals surface area contributed by atoms with Gasteiger partial charge < -0.3 is 9.47 Å². The smallest absolute Gasteiger partial charge is 0.168 e. The third-order valence-corrected chi connectivity index (χ3v) is 5.43. The van der Waals surface area contributed by atoms with E-state index in [0.717, 1.165) is 25.7 Å². The Balaban J connectivity index is 1.84. The van der Waals surface area contributed by atoms with E-state index >= 15 is 0 Å². The van der Waals surface area contributed by atoms with Crippen LogP contribution in [0.2, 0.25) is 0 Å². The summed E-state index contributed by atoms with van der Waals surface area (Å²) >= 11 is 3.49. The molecule has 3 nitrogen and oxygen atoms in total. The second kappa shape index (κ2) is 3.53. The lowest BCUT2D eigenvalue weighted by molar-refractivity contribution is -0.201. The summed E-state index contributed by atoms with van der Waals surface area (Å²) in [5.41, 5.74) is -0.144. The van der Waals surface area contributed by atoms with Crippen molar-refractivity contribution in [3.8, 4) is 0 Å². The zero-order valence-corrected chi connectivity index (χ0v) is 11.1. The molecule has 0 bridgehead atoms. The molecule has 3 fully saturated rings. The minimum absolute atomic E-state index is 0.0408. The molecule has 1 heterocycles. The Kier molecular flexibility index (Phi) is 2.47. The number of alkyl halides is 1. The van der Waals surface area contributed by atoms with E-state index in [1.54, 1.807) is 0 Å². The van der Waals surface area contributed by atoms with Crippen LogP contribution in [0.25, 0.3) is 0 Å². The Labute approximate surface area is 104 Å². The molecule has 1 aliphatic heterocycles. The van der Waals surface area contributed by atoms with Gasteiger partial charge in [-0.15, -0.1) is 0 Å². The van der Waals surface area contributed by atoms with Gasteiger partial charge in [0.25, 0.3) is 0 Å². The van der Waals surface area contributed by atoms with Gasteiger partial charge in [-0.3, -0.25) is 4.79 Å². The summed E-state index contributed by atoms with van der Waals surface area (Å²) in [5, 5.41) is 0. The molecule has 0 amide bonds. The molecule has 0 aromatic heterocycles. The largest absolute Gasteiger partial charge is 0.348 e. The first-order valence-electron chi connectivity index (χ1n) is 6.02. The molecular formula is C12H17BrO3. The molecule has 3 aliphatic rings. The molecule has 3 atom stereocenters. The molecule has 4 heteroatoms. The van der Waals surface area contributed by atoms with Gasteiger partial charge in [0.15, 0.2) is 11.6 Å². The van der Waals surface area contributed by atoms with Crippen molar-refractivity contribution >= 4 is 21.7 Å². The number of rotatable bonds is 0. The van der Waals surface area contributed by atoms with Crippen molar-refractivity contribution in [2.45, 2.75) is 43.2 Å². The standard InChI is InChI=1S/C12H17BrO3/c1-11-2-3-12(15-4-5-16-12)7-8(11)6-9(13)10(11)14/h8-9H,2-7H2,1H3/t8-,9+,11+/m1/s1. The van der Waals surface area contributed by atoms with Crippen LogP contribution < -0.4 is 0 Å². The van der Waals surface area contributed by atoms with Crippen molar-refractivity contribution in [1.82, 2.24) is 0 Å². The molecule has 2 aliphatic carbocycles. The van der Waals surface area contributed by atoms with Gasteiger partial charge >= 0.3 is 0 Å². The van der Waals surface area contributed by atoms with Gasteiger partial charge in [-0.1, -0.05) is 22.9 Å². The second-order valence-corrected chi connectivity index (χ2v) is 6.60. The highest BCUT2D eigenvalue weighted by atomic mass is 79.9. The number of carbonyl (C=O) groups is 1. The highest BCUT2D eigenvalue weighted by Crippen LogP contribution is 2.55. The van der Waals surface area contributed by atoms with Crippen molar-refractivity contribution in [3.05, 3.63) is 0 Å². The van der Waals surface area contributed by atoms with Crippen LogP contribution in [0.1, 0.15) is 32.6 Å². The molecule has 1 saturated heterocycles. The lowest BCUT2D eigenvalue weighted by atomic mass is 9.67. The van der Waals surface area contributed by atoms with E-state index in [-0.39, 0.29) is 16.0 Å². The van der Waals surface area contributed by atoms with Gasteiger partial charge in [-0.2, -0.15) is 0 Å². The summed E-state index contributed by atoms with van der Waals surface area (Å²) in [7, 11) is 0. The van der Waals surface area contributed by atoms with Crippen molar-refractivity contribution in [2.75, 3.05) is 13.2 Å². The van der Waals surface area contributed by atoms with Crippen LogP contribution in [0.15, 0.2) is 0 Å². The number of halogens is 1. The number of ketones is 1. The Morgan fingerprint density at radius 2 is 2.00 bits per heavy atom. The number of ether oxygens (including phenoxy) is 2. The van der Waals surface area contributed by atoms with Crippen LogP contribution in [0, 0.1) is 11.3 Å². The zero-order chi connectivity index (χ0) is 11.4. The highest BCUT2D eigenvalue weighted by molar-refractivity contribution is 9.10. The van der Waals surface area contributed by atoms with Crippen molar-refractivity contribution in [3.63, 3.8) is 0 Å². The predicted octanol–water partition coefficient (Wildman–Crippen LogP) is 2.27. The maximum absolute atomic E-state index is 12.1. The van der Waals surface area contributed by atoms with Crippen LogP contribution in [0.4, 0.5) is 0 Å². The third kappa shape index (κ3) is 1.42. The molecule has 0 unspecified atom stereocenters. The van der Waals surface area contributed by atoms with Gasteiger partial charge in [0.05, 0.1) is 18.0 Å². The van der Waals surface area contributed by atoms with E-state index in [1.165, 1.54) is 0 Å². The molecule has 3 rings (SSSR count). The fraction of sp³-hybridized carbons (Fsp3) is 0.917. The van der Waals surface area contributed by atoms with Crippen LogP contribution in [-0.2, 0) is 14.3 Å². The minimum atomic E-state index is -0.360. The molecule has 0 aromatic rings. The Morgan fingerprint density at radius 1 is 1.31 bits per heavy atom. The number of fused-ring (bicyclic) bond motifs is 1. The number of hydrogen-bond donors (Lipinski definition) is 0. The molecule has 90 valence electrons. The predicted molar refractivity (Wildman–Crippen MR) is 62.4 cm³/mol. The fourth-order valence-electron chi connectivity index (χ4n) is 3.50. The summed E-state index contributed by atoms with van der Waals surface area (Å²) in [6.45, 7) is 3.52. The first-order chi connectivity index (χ1) is 7.56. The van der Waals surface area contributed by atoms with E-state index in [2.05, 4.69) is 22.9 Å². The maximum Gasteiger partial charge on any atom is 0.168 e. The monoisotopic (exact) mass is 288 g/mol. The first kappa shape index (κ1) is 11.2. The molecule has 2 saturated carbocycles. The van der Waals surface area contributed by atoms with E-state index in [1.807, 2.05) is 0 Å². The summed E-state index contributed by atoms with van der Waals surface area (Å²) < 4.78 is 11.5. The Bertz CT molecular complexity index is 324. The van der Waals surface area contributed by atoms with E-state index in [4.69, 9.17) is 9.47 Å². The maximum atomic E-state index is 12.1. The first-order valence-corrected chi connectivity index (χ1v) is 6.94. The molecule has 1 spiro atoms. The number of Topliss-reactive ketones (excluding diaryl/α,β-unsaturated/α-hetero) is 1. The summed E-state index contributed by atoms with van der Waals surface area (Å²) in [5.74, 6) is 0.434. The van der Waals surface area contributed by atoms with Crippen LogP contribution in [-0.4, -0.2) is 29.6 Å². The Hall–Kier alpha value is 0.0700. The number of carbonyl (C=O) groups excluding carboxylic acids is 1. The van der Waals surface area contributed by atoms with Gasteiger partial charge in [0.2, 0.25) is 0 Å². The molecule has 0 N–H and O–H groups in total. The summed E-state index contributed by atoms with van der Waals surface area (Å²) in [6, 6.07) is 0. The molecule has 0 aromatic carbocycles. The van der Waals surface area contributed by atoms with E-state index in [9.17, 15) is 4.79 Å².